The first kappa shape index (κ1) is 18.9. The van der Waals surface area contributed by atoms with Crippen LogP contribution in [0, 0.1) is 0 Å². The van der Waals surface area contributed by atoms with E-state index in [0.29, 0.717) is 5.56 Å². The van der Waals surface area contributed by atoms with Crippen LogP contribution in [0.15, 0.2) is 30.5 Å². The molecule has 1 aliphatic heterocycles. The Morgan fingerprint density at radius 2 is 2.07 bits per heavy atom. The molecular formula is C19H24N6O2S. The maximum Gasteiger partial charge on any atom is 0.253 e. The van der Waals surface area contributed by atoms with Gasteiger partial charge in [0.1, 0.15) is 0 Å². The molecule has 0 N–H and O–H groups in total. The molecule has 9 heteroatoms. The van der Waals surface area contributed by atoms with Gasteiger partial charge in [-0.3, -0.25) is 9.80 Å². The Morgan fingerprint density at radius 3 is 2.75 bits per heavy atom. The third-order valence-electron chi connectivity index (χ3n) is 4.69. The molecular weight excluding hydrogens is 376 g/mol. The fourth-order valence-corrected chi connectivity index (χ4v) is 4.23. The fraction of sp³-hybridized carbons (Fsp3) is 0.421. The molecule has 0 spiro atoms. The first-order valence-corrected chi connectivity index (χ1v) is 10.2. The van der Waals surface area contributed by atoms with Crippen LogP contribution in [-0.4, -0.2) is 77.4 Å². The Labute approximate surface area is 167 Å². The first-order valence-electron chi connectivity index (χ1n) is 9.35. The number of hydrogen-bond donors (Lipinski definition) is 0. The van der Waals surface area contributed by atoms with Gasteiger partial charge in [-0.15, -0.1) is 5.10 Å². The van der Waals surface area contributed by atoms with Gasteiger partial charge in [-0.25, -0.2) is 14.5 Å². The average Bonchev–Trinajstić information content (AvgIpc) is 3.28. The molecule has 0 atom stereocenters. The number of hydrogen-bond acceptors (Lipinski definition) is 7. The van der Waals surface area contributed by atoms with Crippen molar-refractivity contribution in [2.24, 2.45) is 0 Å². The second kappa shape index (κ2) is 7.86. The van der Waals surface area contributed by atoms with Gasteiger partial charge in [0.15, 0.2) is 0 Å². The molecule has 0 bridgehead atoms. The van der Waals surface area contributed by atoms with Crippen molar-refractivity contribution in [2.45, 2.75) is 6.92 Å². The number of rotatable bonds is 5. The molecule has 1 aromatic carbocycles. The summed E-state index contributed by atoms with van der Waals surface area (Å²) in [6, 6.07) is 7.55. The second-order valence-electron chi connectivity index (χ2n) is 6.80. The monoisotopic (exact) mass is 400 g/mol. The van der Waals surface area contributed by atoms with Crippen molar-refractivity contribution < 1.29 is 9.53 Å². The lowest BCUT2D eigenvalue weighted by molar-refractivity contribution is 0.0321. The number of carbonyl (C=O) groups is 1. The third kappa shape index (κ3) is 3.60. The van der Waals surface area contributed by atoms with E-state index in [1.165, 1.54) is 0 Å². The Bertz CT molecular complexity index is 944. The van der Waals surface area contributed by atoms with E-state index in [9.17, 15) is 4.79 Å². The minimum atomic E-state index is -0.0209. The van der Waals surface area contributed by atoms with E-state index in [1.54, 1.807) is 30.3 Å². The molecule has 3 aromatic rings. The summed E-state index contributed by atoms with van der Waals surface area (Å²) >= 11 is 1.56. The summed E-state index contributed by atoms with van der Waals surface area (Å²) in [7, 11) is 3.50. The van der Waals surface area contributed by atoms with Crippen molar-refractivity contribution in [1.29, 1.82) is 0 Å². The molecule has 0 unspecified atom stereocenters. The number of nitrogens with zero attached hydrogens (tertiary/aromatic N) is 6. The quantitative estimate of drug-likeness (QED) is 0.654. The zero-order chi connectivity index (χ0) is 19.7. The lowest BCUT2D eigenvalue weighted by Crippen LogP contribution is -2.49. The Morgan fingerprint density at radius 1 is 1.29 bits per heavy atom. The van der Waals surface area contributed by atoms with Gasteiger partial charge in [0.2, 0.25) is 10.1 Å². The lowest BCUT2D eigenvalue weighted by atomic mass is 10.1. The molecule has 28 heavy (non-hydrogen) atoms. The van der Waals surface area contributed by atoms with Crippen LogP contribution in [0.5, 0.6) is 0 Å². The molecule has 0 radical (unpaired) electrons. The summed E-state index contributed by atoms with van der Waals surface area (Å²) in [6.07, 6.45) is 1.92. The number of imidazole rings is 1. The summed E-state index contributed by atoms with van der Waals surface area (Å²) in [5, 5.41) is 10.1. The van der Waals surface area contributed by atoms with E-state index in [1.807, 2.05) is 35.0 Å². The van der Waals surface area contributed by atoms with Crippen LogP contribution in [0.4, 0.5) is 5.13 Å². The fourth-order valence-electron chi connectivity index (χ4n) is 3.25. The van der Waals surface area contributed by atoms with E-state index >= 15 is 0 Å². The highest BCUT2D eigenvalue weighted by atomic mass is 32.1. The van der Waals surface area contributed by atoms with Crippen LogP contribution in [0.2, 0.25) is 0 Å². The zero-order valence-corrected chi connectivity index (χ0v) is 17.1. The summed E-state index contributed by atoms with van der Waals surface area (Å²) in [4.78, 5) is 19.4. The average molecular weight is 401 g/mol. The molecule has 1 saturated heterocycles. The van der Waals surface area contributed by atoms with Crippen molar-refractivity contribution in [3.63, 3.8) is 0 Å². The molecule has 4 rings (SSSR count). The Balaban J connectivity index is 1.61. The van der Waals surface area contributed by atoms with Crippen molar-refractivity contribution >= 4 is 27.3 Å². The summed E-state index contributed by atoms with van der Waals surface area (Å²) < 4.78 is 7.27. The van der Waals surface area contributed by atoms with E-state index in [-0.39, 0.29) is 5.91 Å². The highest BCUT2D eigenvalue weighted by Crippen LogP contribution is 2.28. The first-order chi connectivity index (χ1) is 13.6. The van der Waals surface area contributed by atoms with E-state index < -0.39 is 0 Å². The third-order valence-corrected chi connectivity index (χ3v) is 5.63. The zero-order valence-electron chi connectivity index (χ0n) is 16.3. The minimum absolute atomic E-state index is 0.0209. The number of anilines is 1. The van der Waals surface area contributed by atoms with Crippen molar-refractivity contribution in [1.82, 2.24) is 24.5 Å². The molecule has 2 aromatic heterocycles. The van der Waals surface area contributed by atoms with Crippen LogP contribution in [0.1, 0.15) is 17.3 Å². The highest BCUT2D eigenvalue weighted by Gasteiger charge is 2.22. The smallest absolute Gasteiger partial charge is 0.253 e. The van der Waals surface area contributed by atoms with Crippen LogP contribution in [-0.2, 0) is 4.74 Å². The predicted molar refractivity (Wildman–Crippen MR) is 110 cm³/mol. The van der Waals surface area contributed by atoms with Gasteiger partial charge in [0.05, 0.1) is 25.1 Å². The summed E-state index contributed by atoms with van der Waals surface area (Å²) in [5.41, 5.74) is 2.37. The molecule has 0 saturated carbocycles. The molecule has 148 valence electrons. The normalized spacial score (nSPS) is 15.1. The Kier molecular flexibility index (Phi) is 5.29. The minimum Gasteiger partial charge on any atom is -0.379 e. The maximum atomic E-state index is 12.2. The largest absolute Gasteiger partial charge is 0.379 e. The molecule has 8 nitrogen and oxygen atoms in total. The molecule has 1 fully saturated rings. The number of hydrazine groups is 1. The SMILES string of the molecule is CCN(c1nn2cc(-c3cccc(C(=O)N(C)C)c3)nc2s1)N1CCOCC1. The van der Waals surface area contributed by atoms with Crippen molar-refractivity contribution in [3.05, 3.63) is 36.0 Å². The van der Waals surface area contributed by atoms with Gasteiger partial charge in [-0.2, -0.15) is 0 Å². The van der Waals surface area contributed by atoms with Crippen LogP contribution < -0.4 is 5.01 Å². The summed E-state index contributed by atoms with van der Waals surface area (Å²) in [5.74, 6) is -0.0209. The molecule has 1 amide bonds. The number of carbonyl (C=O) groups excluding carboxylic acids is 1. The number of fused-ring (bicyclic) bond motifs is 1. The maximum absolute atomic E-state index is 12.2. The van der Waals surface area contributed by atoms with E-state index in [4.69, 9.17) is 14.8 Å². The highest BCUT2D eigenvalue weighted by molar-refractivity contribution is 7.20. The van der Waals surface area contributed by atoms with Crippen LogP contribution >= 0.6 is 11.3 Å². The number of ether oxygens (including phenoxy) is 1. The predicted octanol–water partition coefficient (Wildman–Crippen LogP) is 2.23. The molecule has 0 aliphatic carbocycles. The van der Waals surface area contributed by atoms with Gasteiger partial charge >= 0.3 is 0 Å². The van der Waals surface area contributed by atoms with Gasteiger partial charge in [-0.1, -0.05) is 23.5 Å². The molecule has 1 aliphatic rings. The van der Waals surface area contributed by atoms with Gasteiger partial charge < -0.3 is 9.64 Å². The van der Waals surface area contributed by atoms with E-state index in [0.717, 1.165) is 54.2 Å². The van der Waals surface area contributed by atoms with Gasteiger partial charge in [0.25, 0.3) is 5.91 Å². The number of amides is 1. The topological polar surface area (TPSA) is 66.2 Å². The van der Waals surface area contributed by atoms with Crippen molar-refractivity contribution in [3.8, 4) is 11.3 Å². The number of morpholine rings is 1. The van der Waals surface area contributed by atoms with Crippen LogP contribution in [0.25, 0.3) is 16.2 Å². The Hall–Kier alpha value is -2.49. The van der Waals surface area contributed by atoms with Gasteiger partial charge in [0, 0.05) is 44.9 Å². The number of aromatic nitrogens is 3. The number of benzene rings is 1. The lowest BCUT2D eigenvalue weighted by Gasteiger charge is -2.36. The van der Waals surface area contributed by atoms with Gasteiger partial charge in [-0.05, 0) is 19.1 Å². The standard InChI is InChI=1S/C19H24N6O2S/c1-4-25(23-8-10-27-11-9-23)19-21-24-13-16(20-18(24)28-19)14-6-5-7-15(12-14)17(26)22(2)3/h5-7,12-13H,4,8-11H2,1-3H3. The summed E-state index contributed by atoms with van der Waals surface area (Å²) in [6.45, 7) is 6.19. The second-order valence-corrected chi connectivity index (χ2v) is 7.73. The molecule has 3 heterocycles. The van der Waals surface area contributed by atoms with Crippen LogP contribution in [0.3, 0.4) is 0 Å². The van der Waals surface area contributed by atoms with Crippen molar-refractivity contribution in [2.75, 3.05) is 52.0 Å². The van der Waals surface area contributed by atoms with E-state index in [2.05, 4.69) is 16.9 Å².